The average molecular weight is 587 g/mol. The maximum absolute atomic E-state index is 12.8. The van der Waals surface area contributed by atoms with Gasteiger partial charge in [0.1, 0.15) is 18.3 Å². The third-order valence-corrected chi connectivity index (χ3v) is 6.77. The lowest BCUT2D eigenvalue weighted by Crippen LogP contribution is -2.60. The van der Waals surface area contributed by atoms with Crippen LogP contribution in [0.5, 0.6) is 0 Å². The number of carboxylic acids is 1. The molecular formula is C29H31ClN2O9. The number of benzene rings is 3. The van der Waals surface area contributed by atoms with Crippen LogP contribution in [0.4, 0.5) is 5.69 Å². The van der Waals surface area contributed by atoms with Gasteiger partial charge in [0.15, 0.2) is 6.10 Å². The number of ether oxygens (including phenoxy) is 2. The number of carboxylic acid groups (broad SMARTS) is 1. The van der Waals surface area contributed by atoms with Crippen LogP contribution in [0.2, 0.25) is 5.02 Å². The molecule has 1 aliphatic heterocycles. The van der Waals surface area contributed by atoms with E-state index in [0.29, 0.717) is 30.2 Å². The first-order valence-electron chi connectivity index (χ1n) is 12.9. The molecule has 1 aliphatic rings. The molecule has 0 aromatic heterocycles. The lowest BCUT2D eigenvalue weighted by Gasteiger charge is -2.37. The van der Waals surface area contributed by atoms with Gasteiger partial charge in [-0.25, -0.2) is 9.59 Å². The number of nitrogens with one attached hydrogen (secondary N) is 2. The topological polar surface area (TPSA) is 178 Å². The molecule has 12 heteroatoms. The number of hydrogen-bond acceptors (Lipinski definition) is 10. The minimum absolute atomic E-state index is 0.103. The molecule has 6 unspecified atom stereocenters. The summed E-state index contributed by atoms with van der Waals surface area (Å²) in [6.07, 6.45) is -9.97. The van der Waals surface area contributed by atoms with E-state index < -0.39 is 48.7 Å². The van der Waals surface area contributed by atoms with Gasteiger partial charge in [-0.3, -0.25) is 0 Å². The fourth-order valence-electron chi connectivity index (χ4n) is 4.32. The van der Waals surface area contributed by atoms with Crippen LogP contribution in [-0.2, 0) is 14.3 Å². The number of carbonyl (C=O) groups is 2. The average Bonchev–Trinajstić information content (AvgIpc) is 2.97. The van der Waals surface area contributed by atoms with Crippen LogP contribution in [-0.4, -0.2) is 87.8 Å². The van der Waals surface area contributed by atoms with Crippen LogP contribution < -0.4 is 10.6 Å². The largest absolute Gasteiger partial charge is 0.479 e. The molecule has 0 aliphatic carbocycles. The molecule has 7 N–H and O–H groups in total. The number of halogens is 1. The summed E-state index contributed by atoms with van der Waals surface area (Å²) >= 11 is 5.98. The minimum atomic E-state index is -1.89. The van der Waals surface area contributed by atoms with Crippen LogP contribution in [0.25, 0.3) is 11.1 Å². The summed E-state index contributed by atoms with van der Waals surface area (Å²) in [7, 11) is 0. The predicted molar refractivity (Wildman–Crippen MR) is 149 cm³/mol. The summed E-state index contributed by atoms with van der Waals surface area (Å²) in [6.45, 7) is 1.54. The Labute approximate surface area is 240 Å². The minimum Gasteiger partial charge on any atom is -0.479 e. The number of rotatable bonds is 11. The number of aliphatic hydroxyl groups is 4. The molecule has 0 spiro atoms. The summed E-state index contributed by atoms with van der Waals surface area (Å²) in [5.41, 5.74) is 3.16. The number of anilines is 1. The van der Waals surface area contributed by atoms with Gasteiger partial charge in [0.05, 0.1) is 11.7 Å². The van der Waals surface area contributed by atoms with E-state index in [0.717, 1.165) is 16.8 Å². The fourth-order valence-corrected chi connectivity index (χ4v) is 4.52. The molecule has 41 heavy (non-hydrogen) atoms. The third kappa shape index (κ3) is 7.80. The normalized spacial score (nSPS) is 23.0. The van der Waals surface area contributed by atoms with E-state index in [1.54, 1.807) is 36.4 Å². The maximum Gasteiger partial charge on any atom is 0.340 e. The Kier molecular flexibility index (Phi) is 10.3. The Bertz CT molecular complexity index is 1360. The number of carbonyl (C=O) groups excluding carboxylic acids is 1. The zero-order valence-corrected chi connectivity index (χ0v) is 22.5. The van der Waals surface area contributed by atoms with Gasteiger partial charge >= 0.3 is 11.9 Å². The smallest absolute Gasteiger partial charge is 0.340 e. The van der Waals surface area contributed by atoms with Crippen molar-refractivity contribution in [3.63, 3.8) is 0 Å². The molecule has 0 radical (unpaired) electrons. The SMILES string of the molecule is O=C(OC1OC(C(=O)O)C(O)C(O)C1O)c1cccc(-c2cccc(NCCNCC(O)c3cccc(Cl)c3)c2)c1. The summed E-state index contributed by atoms with van der Waals surface area (Å²) in [5.74, 6) is -2.49. The van der Waals surface area contributed by atoms with E-state index in [4.69, 9.17) is 21.1 Å². The highest BCUT2D eigenvalue weighted by molar-refractivity contribution is 6.30. The van der Waals surface area contributed by atoms with Crippen molar-refractivity contribution in [2.45, 2.75) is 36.8 Å². The second-order valence-corrected chi connectivity index (χ2v) is 9.94. The van der Waals surface area contributed by atoms with E-state index in [1.165, 1.54) is 6.07 Å². The van der Waals surface area contributed by atoms with Crippen molar-refractivity contribution in [1.29, 1.82) is 0 Å². The fraction of sp³-hybridized carbons (Fsp3) is 0.310. The first-order chi connectivity index (χ1) is 19.6. The monoisotopic (exact) mass is 586 g/mol. The molecule has 1 saturated heterocycles. The maximum atomic E-state index is 12.8. The summed E-state index contributed by atoms with van der Waals surface area (Å²) in [6, 6.07) is 21.1. The molecule has 0 saturated carbocycles. The van der Waals surface area contributed by atoms with Crippen LogP contribution >= 0.6 is 11.6 Å². The Hall–Kier alpha value is -3.55. The first-order valence-corrected chi connectivity index (χ1v) is 13.2. The molecule has 11 nitrogen and oxygen atoms in total. The summed E-state index contributed by atoms with van der Waals surface area (Å²) < 4.78 is 10.2. The van der Waals surface area contributed by atoms with Gasteiger partial charge in [0.25, 0.3) is 0 Å². The highest BCUT2D eigenvalue weighted by Crippen LogP contribution is 2.26. The van der Waals surface area contributed by atoms with Gasteiger partial charge in [-0.2, -0.15) is 0 Å². The van der Waals surface area contributed by atoms with Gasteiger partial charge in [0, 0.05) is 30.3 Å². The molecule has 3 aromatic carbocycles. The highest BCUT2D eigenvalue weighted by atomic mass is 35.5. The van der Waals surface area contributed by atoms with E-state index >= 15 is 0 Å². The third-order valence-electron chi connectivity index (χ3n) is 6.53. The Morgan fingerprint density at radius 2 is 1.61 bits per heavy atom. The van der Waals surface area contributed by atoms with Gasteiger partial charge < -0.3 is 45.6 Å². The Morgan fingerprint density at radius 1 is 0.902 bits per heavy atom. The second kappa shape index (κ2) is 13.9. The molecular weight excluding hydrogens is 556 g/mol. The number of esters is 1. The summed E-state index contributed by atoms with van der Waals surface area (Å²) in [5, 5.41) is 56.4. The Balaban J connectivity index is 1.32. The molecule has 6 atom stereocenters. The molecule has 4 rings (SSSR count). The lowest BCUT2D eigenvalue weighted by atomic mass is 9.99. The van der Waals surface area contributed by atoms with E-state index in [1.807, 2.05) is 30.3 Å². The zero-order chi connectivity index (χ0) is 29.5. The highest BCUT2D eigenvalue weighted by Gasteiger charge is 2.48. The van der Waals surface area contributed by atoms with Crippen LogP contribution in [0.15, 0.2) is 72.8 Å². The molecule has 1 fully saturated rings. The standard InChI is InChI=1S/C29H31ClN2O9/c30-20-8-2-6-18(13-20)22(33)15-31-10-11-32-21-9-3-5-17(14-21)16-4-1-7-19(12-16)28(39)41-29-25(36)23(34)24(35)26(40-29)27(37)38/h1-9,12-14,22-26,29,31-36H,10-11,15H2,(H,37,38). The molecule has 0 bridgehead atoms. The quantitative estimate of drug-likeness (QED) is 0.129. The first kappa shape index (κ1) is 30.4. The van der Waals surface area contributed by atoms with Crippen molar-refractivity contribution >= 4 is 29.2 Å². The molecule has 218 valence electrons. The number of aliphatic hydroxyl groups excluding tert-OH is 4. The van der Waals surface area contributed by atoms with Crippen molar-refractivity contribution < 1.29 is 44.6 Å². The Morgan fingerprint density at radius 3 is 2.34 bits per heavy atom. The second-order valence-electron chi connectivity index (χ2n) is 9.50. The van der Waals surface area contributed by atoms with Crippen LogP contribution in [0.3, 0.4) is 0 Å². The zero-order valence-electron chi connectivity index (χ0n) is 21.8. The summed E-state index contributed by atoms with van der Waals surface area (Å²) in [4.78, 5) is 24.1. The lowest BCUT2D eigenvalue weighted by molar-refractivity contribution is -0.278. The van der Waals surface area contributed by atoms with Crippen molar-refractivity contribution in [1.82, 2.24) is 5.32 Å². The predicted octanol–water partition coefficient (Wildman–Crippen LogP) is 1.79. The molecule has 0 amide bonds. The van der Waals surface area contributed by atoms with Crippen molar-refractivity contribution in [2.75, 3.05) is 25.0 Å². The molecule has 1 heterocycles. The van der Waals surface area contributed by atoms with Crippen molar-refractivity contribution in [3.05, 3.63) is 88.9 Å². The number of hydrogen-bond donors (Lipinski definition) is 7. The van der Waals surface area contributed by atoms with Gasteiger partial charge in [-0.05, 0) is 53.1 Å². The van der Waals surface area contributed by atoms with E-state index in [2.05, 4.69) is 10.6 Å². The van der Waals surface area contributed by atoms with E-state index in [-0.39, 0.29) is 5.56 Å². The van der Waals surface area contributed by atoms with Gasteiger partial charge in [-0.1, -0.05) is 48.0 Å². The van der Waals surface area contributed by atoms with E-state index in [9.17, 15) is 35.1 Å². The van der Waals surface area contributed by atoms with Crippen molar-refractivity contribution in [2.24, 2.45) is 0 Å². The van der Waals surface area contributed by atoms with Gasteiger partial charge in [0.2, 0.25) is 6.29 Å². The van der Waals surface area contributed by atoms with Crippen molar-refractivity contribution in [3.8, 4) is 11.1 Å². The van der Waals surface area contributed by atoms with Crippen LogP contribution in [0, 0.1) is 0 Å². The molecule has 3 aromatic rings. The van der Waals surface area contributed by atoms with Gasteiger partial charge in [-0.15, -0.1) is 0 Å². The number of aliphatic carboxylic acids is 1. The van der Waals surface area contributed by atoms with Crippen LogP contribution in [0.1, 0.15) is 22.0 Å².